The Morgan fingerprint density at radius 2 is 2.33 bits per heavy atom. The lowest BCUT2D eigenvalue weighted by Gasteiger charge is -2.08. The molecule has 0 aliphatic rings. The molecule has 0 aliphatic heterocycles. The first-order valence-corrected chi connectivity index (χ1v) is 7.34. The van der Waals surface area contributed by atoms with Crippen LogP contribution in [-0.2, 0) is 11.3 Å². The van der Waals surface area contributed by atoms with Crippen LogP contribution in [0.25, 0.3) is 10.2 Å². The molecule has 0 atom stereocenters. The van der Waals surface area contributed by atoms with Crippen LogP contribution in [0.3, 0.4) is 0 Å². The quantitative estimate of drug-likeness (QED) is 0.856. The van der Waals surface area contributed by atoms with Crippen molar-refractivity contribution in [1.82, 2.24) is 9.88 Å². The summed E-state index contributed by atoms with van der Waals surface area (Å²) in [7, 11) is 1.62. The lowest BCUT2D eigenvalue weighted by Crippen LogP contribution is -2.28. The monoisotopic (exact) mass is 330 g/mol. The third-order valence-electron chi connectivity index (χ3n) is 2.70. The van der Waals surface area contributed by atoms with Crippen LogP contribution in [0.2, 0.25) is 0 Å². The average Bonchev–Trinajstić information content (AvgIpc) is 2.84. The van der Waals surface area contributed by atoms with E-state index in [9.17, 15) is 4.79 Å². The first kappa shape index (κ1) is 13.6. The Hall–Kier alpha value is -0.850. The molecule has 0 aromatic carbocycles. The molecular weight excluding hydrogens is 316 g/mol. The van der Waals surface area contributed by atoms with Gasteiger partial charge in [0.05, 0.1) is 20.6 Å². The van der Waals surface area contributed by atoms with E-state index in [2.05, 4.69) is 27.3 Å². The summed E-state index contributed by atoms with van der Waals surface area (Å²) in [5.41, 5.74) is 1.81. The molecule has 0 spiro atoms. The maximum atomic E-state index is 12.1. The van der Waals surface area contributed by atoms with E-state index in [4.69, 9.17) is 4.74 Å². The van der Waals surface area contributed by atoms with Crippen LogP contribution in [0.1, 0.15) is 17.4 Å². The number of nitrogens with zero attached hydrogens (tertiary/aromatic N) is 1. The second kappa shape index (κ2) is 5.86. The summed E-state index contributed by atoms with van der Waals surface area (Å²) in [5, 5.41) is 2.85. The highest BCUT2D eigenvalue weighted by atomic mass is 79.9. The van der Waals surface area contributed by atoms with Crippen molar-refractivity contribution in [2.24, 2.45) is 0 Å². The minimum absolute atomic E-state index is 0.0478. The van der Waals surface area contributed by atoms with Gasteiger partial charge in [-0.2, -0.15) is 0 Å². The van der Waals surface area contributed by atoms with Gasteiger partial charge in [-0.25, -0.2) is 0 Å². The minimum atomic E-state index is -0.0478. The molecule has 0 radical (unpaired) electrons. The molecule has 0 saturated carbocycles. The van der Waals surface area contributed by atoms with Crippen molar-refractivity contribution in [3.05, 3.63) is 21.6 Å². The fourth-order valence-corrected chi connectivity index (χ4v) is 3.46. The maximum absolute atomic E-state index is 12.1. The van der Waals surface area contributed by atoms with E-state index in [1.807, 2.05) is 17.6 Å². The molecule has 1 N–H and O–H groups in total. The number of carbonyl (C=O) groups excluding carboxylic acids is 1. The number of thiophene rings is 1. The summed E-state index contributed by atoms with van der Waals surface area (Å²) in [6.07, 6.45) is 0. The van der Waals surface area contributed by atoms with Crippen LogP contribution in [0.15, 0.2) is 15.9 Å². The predicted octanol–water partition coefficient (Wildman–Crippen LogP) is 2.86. The van der Waals surface area contributed by atoms with Crippen molar-refractivity contribution in [2.45, 2.75) is 13.5 Å². The van der Waals surface area contributed by atoms with Gasteiger partial charge in [-0.15, -0.1) is 11.3 Å². The van der Waals surface area contributed by atoms with Gasteiger partial charge in [0, 0.05) is 20.2 Å². The number of methoxy groups -OCH3 is 1. The number of nitrogens with one attached hydrogen (secondary N) is 1. The largest absolute Gasteiger partial charge is 0.383 e. The fraction of sp³-hybridized carbons (Fsp3) is 0.417. The van der Waals surface area contributed by atoms with Crippen LogP contribution in [0.4, 0.5) is 0 Å². The molecule has 0 saturated heterocycles. The van der Waals surface area contributed by atoms with E-state index in [1.54, 1.807) is 18.4 Å². The van der Waals surface area contributed by atoms with Crippen LogP contribution in [0, 0.1) is 0 Å². The number of aromatic nitrogens is 1. The molecule has 98 valence electrons. The number of ether oxygens (including phenoxy) is 1. The highest BCUT2D eigenvalue weighted by Crippen LogP contribution is 2.32. The molecule has 2 rings (SSSR count). The molecule has 0 aliphatic carbocycles. The van der Waals surface area contributed by atoms with Crippen molar-refractivity contribution < 1.29 is 9.53 Å². The molecule has 0 bridgehead atoms. The zero-order valence-corrected chi connectivity index (χ0v) is 12.7. The first-order valence-electron chi connectivity index (χ1n) is 5.73. The first-order chi connectivity index (χ1) is 8.67. The number of amides is 1. The second-order valence-electron chi connectivity index (χ2n) is 3.82. The molecule has 4 nitrogen and oxygen atoms in total. The van der Waals surface area contributed by atoms with Crippen molar-refractivity contribution in [3.63, 3.8) is 0 Å². The Morgan fingerprint density at radius 3 is 3.00 bits per heavy atom. The summed E-state index contributed by atoms with van der Waals surface area (Å²) >= 11 is 5.11. The highest BCUT2D eigenvalue weighted by molar-refractivity contribution is 9.11. The van der Waals surface area contributed by atoms with Gasteiger partial charge < -0.3 is 14.6 Å². The molecular formula is C12H15BrN2O2S. The number of hydrogen-bond donors (Lipinski definition) is 1. The Balaban J connectivity index is 2.26. The molecule has 0 fully saturated rings. The number of fused-ring (bicyclic) bond motifs is 1. The Kier molecular flexibility index (Phi) is 4.42. The topological polar surface area (TPSA) is 43.3 Å². The molecule has 2 aromatic rings. The Morgan fingerprint density at radius 1 is 1.56 bits per heavy atom. The number of hydrogen-bond acceptors (Lipinski definition) is 3. The van der Waals surface area contributed by atoms with Crippen molar-refractivity contribution in [1.29, 1.82) is 0 Å². The highest BCUT2D eigenvalue weighted by Gasteiger charge is 2.16. The zero-order chi connectivity index (χ0) is 13.1. The molecule has 0 unspecified atom stereocenters. The van der Waals surface area contributed by atoms with Crippen molar-refractivity contribution >= 4 is 43.4 Å². The zero-order valence-electron chi connectivity index (χ0n) is 10.3. The van der Waals surface area contributed by atoms with Gasteiger partial charge in [-0.05, 0) is 35.0 Å². The average molecular weight is 331 g/mol. The predicted molar refractivity (Wildman–Crippen MR) is 77.4 cm³/mol. The molecule has 2 heterocycles. The van der Waals surface area contributed by atoms with Gasteiger partial charge >= 0.3 is 0 Å². The standard InChI is InChI=1S/C12H15BrN2O2S/c1-3-15-8-7-11(13)18-10(8)6-9(15)12(16)14-4-5-17-2/h6-7H,3-5H2,1-2H3,(H,14,16). The van der Waals surface area contributed by atoms with Crippen LogP contribution in [0.5, 0.6) is 0 Å². The van der Waals surface area contributed by atoms with Gasteiger partial charge in [0.25, 0.3) is 5.91 Å². The van der Waals surface area contributed by atoms with Crippen LogP contribution in [-0.4, -0.2) is 30.7 Å². The SMILES string of the molecule is CCn1c(C(=O)NCCOC)cc2sc(Br)cc21. The summed E-state index contributed by atoms with van der Waals surface area (Å²) in [4.78, 5) is 12.1. The lowest BCUT2D eigenvalue weighted by molar-refractivity contribution is 0.0928. The van der Waals surface area contributed by atoms with Crippen LogP contribution < -0.4 is 5.32 Å². The molecule has 6 heteroatoms. The smallest absolute Gasteiger partial charge is 0.268 e. The Labute approximate surface area is 118 Å². The van der Waals surface area contributed by atoms with E-state index >= 15 is 0 Å². The van der Waals surface area contributed by atoms with E-state index < -0.39 is 0 Å². The van der Waals surface area contributed by atoms with Crippen LogP contribution >= 0.6 is 27.3 Å². The van der Waals surface area contributed by atoms with E-state index in [-0.39, 0.29) is 5.91 Å². The summed E-state index contributed by atoms with van der Waals surface area (Å²) < 4.78 is 9.16. The lowest BCUT2D eigenvalue weighted by atomic mass is 10.4. The molecule has 18 heavy (non-hydrogen) atoms. The second-order valence-corrected chi connectivity index (χ2v) is 6.29. The third-order valence-corrected chi connectivity index (χ3v) is 4.27. The van der Waals surface area contributed by atoms with Crippen molar-refractivity contribution in [2.75, 3.05) is 20.3 Å². The third kappa shape index (κ3) is 2.60. The Bertz CT molecular complexity index is 562. The minimum Gasteiger partial charge on any atom is -0.383 e. The van der Waals surface area contributed by atoms with Gasteiger partial charge in [-0.3, -0.25) is 4.79 Å². The number of carbonyl (C=O) groups is 1. The van der Waals surface area contributed by atoms with Gasteiger partial charge in [0.15, 0.2) is 0 Å². The fourth-order valence-electron chi connectivity index (χ4n) is 1.90. The number of halogens is 1. The normalized spacial score (nSPS) is 11.1. The maximum Gasteiger partial charge on any atom is 0.268 e. The molecule has 1 amide bonds. The summed E-state index contributed by atoms with van der Waals surface area (Å²) in [6.45, 7) is 3.87. The van der Waals surface area contributed by atoms with Crippen molar-refractivity contribution in [3.8, 4) is 0 Å². The van der Waals surface area contributed by atoms with E-state index in [0.29, 0.717) is 18.8 Å². The number of aryl methyl sites for hydroxylation is 1. The van der Waals surface area contributed by atoms with E-state index in [0.717, 1.165) is 20.5 Å². The number of rotatable bonds is 5. The van der Waals surface area contributed by atoms with Gasteiger partial charge in [-0.1, -0.05) is 0 Å². The summed E-state index contributed by atoms with van der Waals surface area (Å²) in [5.74, 6) is -0.0478. The molecule has 2 aromatic heterocycles. The van der Waals surface area contributed by atoms with E-state index in [1.165, 1.54) is 0 Å². The van der Waals surface area contributed by atoms with Gasteiger partial charge in [0.1, 0.15) is 5.69 Å². The van der Waals surface area contributed by atoms with Gasteiger partial charge in [0.2, 0.25) is 0 Å². The summed E-state index contributed by atoms with van der Waals surface area (Å²) in [6, 6.07) is 3.99.